The first-order valence-corrected chi connectivity index (χ1v) is 2.02. The Balaban J connectivity index is 2.49. The summed E-state index contributed by atoms with van der Waals surface area (Å²) in [4.78, 5) is 9.40. The molecule has 0 aromatic carbocycles. The van der Waals surface area contributed by atoms with Crippen molar-refractivity contribution in [3.63, 3.8) is 0 Å². The molecule has 0 atom stereocenters. The average Bonchev–Trinajstić information content (AvgIpc) is 1.61. The third kappa shape index (κ3) is 3.47. The molecule has 0 aliphatic heterocycles. The molecule has 0 aromatic rings. The van der Waals surface area contributed by atoms with Crippen molar-refractivity contribution in [1.82, 2.24) is 5.32 Å². The standard InChI is InChI=1S/C4H8NO/c1-2-3-5-4-6/h4H,2-3H2,1H3. The van der Waals surface area contributed by atoms with Gasteiger partial charge < -0.3 is 0 Å². The van der Waals surface area contributed by atoms with Crippen molar-refractivity contribution in [2.75, 3.05) is 6.54 Å². The van der Waals surface area contributed by atoms with Crippen molar-refractivity contribution >= 4 is 6.41 Å². The Kier molecular flexibility index (Phi) is 4.08. The van der Waals surface area contributed by atoms with Gasteiger partial charge in [-0.05, 0) is 6.42 Å². The molecule has 0 rings (SSSR count). The van der Waals surface area contributed by atoms with Crippen LogP contribution in [0, 0.1) is 0 Å². The minimum atomic E-state index is 0.587. The smallest absolute Gasteiger partial charge is 0.228 e. The van der Waals surface area contributed by atoms with Gasteiger partial charge in [0.25, 0.3) is 0 Å². The normalized spacial score (nSPS) is 7.50. The summed E-state index contributed by atoms with van der Waals surface area (Å²) in [6.45, 7) is 2.65. The molecule has 0 saturated carbocycles. The van der Waals surface area contributed by atoms with Crippen LogP contribution in [0.5, 0.6) is 0 Å². The third-order valence-electron chi connectivity index (χ3n) is 0.427. The maximum atomic E-state index is 9.40. The molecule has 0 unspecified atom stereocenters. The van der Waals surface area contributed by atoms with Crippen LogP contribution in [0.3, 0.4) is 0 Å². The Bertz CT molecular complexity index is 36.5. The fourth-order valence-electron chi connectivity index (χ4n) is 0.182. The topological polar surface area (TPSA) is 31.2 Å². The molecule has 0 aromatic heterocycles. The van der Waals surface area contributed by atoms with Crippen LogP contribution in [0.4, 0.5) is 0 Å². The Labute approximate surface area is 37.5 Å². The van der Waals surface area contributed by atoms with E-state index in [2.05, 4.69) is 5.32 Å². The van der Waals surface area contributed by atoms with Gasteiger partial charge in [-0.3, -0.25) is 10.1 Å². The molecule has 1 amide bonds. The molecule has 0 saturated heterocycles. The van der Waals surface area contributed by atoms with E-state index in [-0.39, 0.29) is 0 Å². The fourth-order valence-corrected chi connectivity index (χ4v) is 0.182. The first kappa shape index (κ1) is 5.47. The van der Waals surface area contributed by atoms with Crippen LogP contribution in [-0.2, 0) is 4.79 Å². The lowest BCUT2D eigenvalue weighted by atomic mass is 10.5. The highest BCUT2D eigenvalue weighted by Crippen LogP contribution is 1.65. The highest BCUT2D eigenvalue weighted by atomic mass is 16.1. The third-order valence-corrected chi connectivity index (χ3v) is 0.427. The summed E-state index contributed by atoms with van der Waals surface area (Å²) < 4.78 is 0. The molecule has 0 aliphatic rings. The molecular weight excluding hydrogens is 78.0 g/mol. The SMILES string of the molecule is CCC[N]C=O. The molecule has 0 aliphatic carbocycles. The van der Waals surface area contributed by atoms with E-state index in [9.17, 15) is 4.79 Å². The Morgan fingerprint density at radius 3 is 2.67 bits per heavy atom. The van der Waals surface area contributed by atoms with E-state index in [1.165, 1.54) is 0 Å². The van der Waals surface area contributed by atoms with Gasteiger partial charge in [-0.1, -0.05) is 6.92 Å². The van der Waals surface area contributed by atoms with Crippen molar-refractivity contribution in [1.29, 1.82) is 0 Å². The number of nitrogens with zero attached hydrogens (tertiary/aromatic N) is 1. The molecule has 0 N–H and O–H groups in total. The molecule has 0 fully saturated rings. The lowest BCUT2D eigenvalue weighted by molar-refractivity contribution is -0.109. The number of carbonyl (C=O) groups is 1. The molecule has 0 spiro atoms. The first-order valence-electron chi connectivity index (χ1n) is 2.02. The lowest BCUT2D eigenvalue weighted by Crippen LogP contribution is -2.00. The minimum Gasteiger partial charge on any atom is -0.277 e. The predicted molar refractivity (Wildman–Crippen MR) is 23.4 cm³/mol. The summed E-state index contributed by atoms with van der Waals surface area (Å²) in [6.07, 6.45) is 1.54. The quantitative estimate of drug-likeness (QED) is 0.355. The van der Waals surface area contributed by atoms with Crippen molar-refractivity contribution in [2.45, 2.75) is 13.3 Å². The van der Waals surface area contributed by atoms with Crippen molar-refractivity contribution in [3.05, 3.63) is 0 Å². The second-order valence-corrected chi connectivity index (χ2v) is 1.01. The monoisotopic (exact) mass is 86.1 g/mol. The van der Waals surface area contributed by atoms with Gasteiger partial charge in [0.05, 0.1) is 0 Å². The van der Waals surface area contributed by atoms with Gasteiger partial charge in [0, 0.05) is 6.54 Å². The van der Waals surface area contributed by atoms with Crippen LogP contribution >= 0.6 is 0 Å². The summed E-state index contributed by atoms with van der Waals surface area (Å²) in [7, 11) is 0. The maximum Gasteiger partial charge on any atom is 0.228 e. The summed E-state index contributed by atoms with van der Waals surface area (Å²) in [5.74, 6) is 0. The number of carbonyl (C=O) groups excluding carboxylic acids is 1. The van der Waals surface area contributed by atoms with Gasteiger partial charge in [-0.15, -0.1) is 0 Å². The molecular formula is C4H8NO. The van der Waals surface area contributed by atoms with E-state index in [1.807, 2.05) is 6.92 Å². The lowest BCUT2D eigenvalue weighted by Gasteiger charge is -1.81. The summed E-state index contributed by atoms with van der Waals surface area (Å²) in [5.41, 5.74) is 0. The number of hydrogen-bond acceptors (Lipinski definition) is 1. The molecule has 6 heavy (non-hydrogen) atoms. The summed E-state index contributed by atoms with van der Waals surface area (Å²) in [6, 6.07) is 0. The van der Waals surface area contributed by atoms with Crippen LogP contribution in [-0.4, -0.2) is 13.0 Å². The molecule has 0 bridgehead atoms. The van der Waals surface area contributed by atoms with E-state index in [4.69, 9.17) is 0 Å². The molecule has 2 nitrogen and oxygen atoms in total. The molecule has 2 heteroatoms. The van der Waals surface area contributed by atoms with Crippen molar-refractivity contribution in [3.8, 4) is 0 Å². The fraction of sp³-hybridized carbons (Fsp3) is 0.750. The molecule has 35 valence electrons. The second kappa shape index (κ2) is 4.47. The van der Waals surface area contributed by atoms with Gasteiger partial charge >= 0.3 is 0 Å². The van der Waals surface area contributed by atoms with Gasteiger partial charge in [0.15, 0.2) is 0 Å². The van der Waals surface area contributed by atoms with E-state index in [0.717, 1.165) is 6.42 Å². The van der Waals surface area contributed by atoms with Crippen molar-refractivity contribution in [2.24, 2.45) is 0 Å². The largest absolute Gasteiger partial charge is 0.277 e. The number of hydrogen-bond donors (Lipinski definition) is 0. The first-order chi connectivity index (χ1) is 2.91. The van der Waals surface area contributed by atoms with Gasteiger partial charge in [0.1, 0.15) is 0 Å². The zero-order valence-electron chi connectivity index (χ0n) is 3.85. The van der Waals surface area contributed by atoms with Crippen molar-refractivity contribution < 1.29 is 4.79 Å². The summed E-state index contributed by atoms with van der Waals surface area (Å²) in [5, 5.41) is 3.41. The highest BCUT2D eigenvalue weighted by Gasteiger charge is 1.73. The predicted octanol–water partition coefficient (Wildman–Crippen LogP) is 0.157. The van der Waals surface area contributed by atoms with E-state index in [0.29, 0.717) is 13.0 Å². The van der Waals surface area contributed by atoms with Crippen LogP contribution in [0.15, 0.2) is 0 Å². The Hall–Kier alpha value is -0.530. The Morgan fingerprint density at radius 2 is 2.50 bits per heavy atom. The highest BCUT2D eigenvalue weighted by molar-refractivity contribution is 5.45. The second-order valence-electron chi connectivity index (χ2n) is 1.01. The molecule has 0 heterocycles. The van der Waals surface area contributed by atoms with Crippen LogP contribution < -0.4 is 5.32 Å². The van der Waals surface area contributed by atoms with Crippen LogP contribution in [0.25, 0.3) is 0 Å². The van der Waals surface area contributed by atoms with E-state index >= 15 is 0 Å². The molecule has 1 radical (unpaired) electrons. The zero-order valence-corrected chi connectivity index (χ0v) is 3.85. The van der Waals surface area contributed by atoms with E-state index < -0.39 is 0 Å². The van der Waals surface area contributed by atoms with Crippen LogP contribution in [0.2, 0.25) is 0 Å². The summed E-state index contributed by atoms with van der Waals surface area (Å²) >= 11 is 0. The number of rotatable bonds is 3. The maximum absolute atomic E-state index is 9.40. The average molecular weight is 86.1 g/mol. The van der Waals surface area contributed by atoms with Gasteiger partial charge in [0.2, 0.25) is 6.41 Å². The van der Waals surface area contributed by atoms with Crippen LogP contribution in [0.1, 0.15) is 13.3 Å². The van der Waals surface area contributed by atoms with E-state index in [1.54, 1.807) is 0 Å². The Morgan fingerprint density at radius 1 is 1.83 bits per heavy atom. The zero-order chi connectivity index (χ0) is 4.83. The minimum absolute atomic E-state index is 0.587. The van der Waals surface area contributed by atoms with Gasteiger partial charge in [-0.2, -0.15) is 0 Å². The number of amides is 1. The van der Waals surface area contributed by atoms with Gasteiger partial charge in [-0.25, -0.2) is 0 Å².